The summed E-state index contributed by atoms with van der Waals surface area (Å²) in [6.45, 7) is 0.781. The topological polar surface area (TPSA) is 54.9 Å². The zero-order valence-corrected chi connectivity index (χ0v) is 12.7. The number of carbonyl (C=O) groups is 1. The number of nitrogens with one attached hydrogen (secondary N) is 1. The average molecular weight is 295 g/mol. The van der Waals surface area contributed by atoms with Gasteiger partial charge < -0.3 is 5.32 Å². The molecule has 2 heterocycles. The lowest BCUT2D eigenvalue weighted by atomic mass is 9.89. The third-order valence-electron chi connectivity index (χ3n) is 4.26. The predicted octanol–water partition coefficient (Wildman–Crippen LogP) is 3.45. The summed E-state index contributed by atoms with van der Waals surface area (Å²) in [6, 6.07) is 7.53. The normalized spacial score (nSPS) is 15.5. The van der Waals surface area contributed by atoms with Crippen LogP contribution in [0, 0.1) is 5.92 Å². The van der Waals surface area contributed by atoms with E-state index in [9.17, 15) is 4.79 Å². The zero-order valence-electron chi connectivity index (χ0n) is 12.7. The van der Waals surface area contributed by atoms with Gasteiger partial charge in [0.05, 0.1) is 11.3 Å². The van der Waals surface area contributed by atoms with Crippen molar-refractivity contribution in [3.8, 4) is 11.3 Å². The van der Waals surface area contributed by atoms with Crippen LogP contribution in [0.4, 0.5) is 0 Å². The molecule has 0 atom stereocenters. The van der Waals surface area contributed by atoms with Gasteiger partial charge in [0.1, 0.15) is 0 Å². The van der Waals surface area contributed by atoms with Crippen molar-refractivity contribution in [2.75, 3.05) is 6.54 Å². The molecule has 4 nitrogen and oxygen atoms in total. The van der Waals surface area contributed by atoms with Gasteiger partial charge in [-0.05, 0) is 43.0 Å². The largest absolute Gasteiger partial charge is 0.352 e. The number of hydrogen-bond acceptors (Lipinski definition) is 3. The van der Waals surface area contributed by atoms with Crippen LogP contribution >= 0.6 is 0 Å². The standard InChI is InChI=1S/C18H21N3O/c22-18(21-11-14-5-2-1-3-6-14)16-8-9-17(20-13-16)15-7-4-10-19-12-15/h4,7-10,12-14H,1-3,5-6,11H2,(H,21,22). The number of rotatable bonds is 4. The minimum atomic E-state index is -0.0317. The molecule has 114 valence electrons. The highest BCUT2D eigenvalue weighted by Gasteiger charge is 2.15. The minimum absolute atomic E-state index is 0.0317. The summed E-state index contributed by atoms with van der Waals surface area (Å²) in [4.78, 5) is 20.6. The molecule has 1 aliphatic carbocycles. The lowest BCUT2D eigenvalue weighted by Gasteiger charge is -2.21. The van der Waals surface area contributed by atoms with Crippen molar-refractivity contribution in [2.24, 2.45) is 5.92 Å². The molecule has 0 aromatic carbocycles. The van der Waals surface area contributed by atoms with Gasteiger partial charge in [-0.1, -0.05) is 19.3 Å². The second kappa shape index (κ2) is 7.16. The smallest absolute Gasteiger partial charge is 0.252 e. The molecule has 1 aliphatic rings. The van der Waals surface area contributed by atoms with Gasteiger partial charge in [0.2, 0.25) is 0 Å². The van der Waals surface area contributed by atoms with E-state index in [1.54, 1.807) is 18.6 Å². The molecule has 0 unspecified atom stereocenters. The number of carbonyl (C=O) groups excluding carboxylic acids is 1. The van der Waals surface area contributed by atoms with Gasteiger partial charge in [0.25, 0.3) is 5.91 Å². The maximum Gasteiger partial charge on any atom is 0.252 e. The number of nitrogens with zero attached hydrogens (tertiary/aromatic N) is 2. The first-order valence-electron chi connectivity index (χ1n) is 7.97. The van der Waals surface area contributed by atoms with Crippen LogP contribution < -0.4 is 5.32 Å². The Kier molecular flexibility index (Phi) is 4.78. The average Bonchev–Trinajstić information content (AvgIpc) is 2.61. The van der Waals surface area contributed by atoms with E-state index in [1.165, 1.54) is 32.1 Å². The van der Waals surface area contributed by atoms with Crippen molar-refractivity contribution in [1.29, 1.82) is 0 Å². The molecule has 1 fully saturated rings. The zero-order chi connectivity index (χ0) is 15.2. The van der Waals surface area contributed by atoms with Crippen molar-refractivity contribution < 1.29 is 4.79 Å². The van der Waals surface area contributed by atoms with Gasteiger partial charge in [-0.15, -0.1) is 0 Å². The van der Waals surface area contributed by atoms with Gasteiger partial charge >= 0.3 is 0 Å². The van der Waals surface area contributed by atoms with E-state index in [-0.39, 0.29) is 5.91 Å². The van der Waals surface area contributed by atoms with E-state index >= 15 is 0 Å². The molecular weight excluding hydrogens is 274 g/mol. The van der Waals surface area contributed by atoms with Crippen LogP contribution in [0.25, 0.3) is 11.3 Å². The van der Waals surface area contributed by atoms with Crippen LogP contribution in [0.2, 0.25) is 0 Å². The van der Waals surface area contributed by atoms with Crippen LogP contribution in [0.15, 0.2) is 42.9 Å². The van der Waals surface area contributed by atoms with Gasteiger partial charge in [0, 0.05) is 30.7 Å². The molecule has 4 heteroatoms. The quantitative estimate of drug-likeness (QED) is 0.940. The van der Waals surface area contributed by atoms with Crippen molar-refractivity contribution in [3.05, 3.63) is 48.4 Å². The highest BCUT2D eigenvalue weighted by atomic mass is 16.1. The number of hydrogen-bond donors (Lipinski definition) is 1. The Morgan fingerprint density at radius 2 is 2.00 bits per heavy atom. The first kappa shape index (κ1) is 14.7. The maximum absolute atomic E-state index is 12.2. The number of pyridine rings is 2. The Labute approximate surface area is 131 Å². The van der Waals surface area contributed by atoms with Crippen LogP contribution in [0.3, 0.4) is 0 Å². The van der Waals surface area contributed by atoms with Crippen molar-refractivity contribution in [3.63, 3.8) is 0 Å². The Morgan fingerprint density at radius 3 is 2.68 bits per heavy atom. The molecule has 0 bridgehead atoms. The lowest BCUT2D eigenvalue weighted by molar-refractivity contribution is 0.0943. The molecule has 2 aromatic rings. The van der Waals surface area contributed by atoms with E-state index in [1.807, 2.05) is 24.3 Å². The van der Waals surface area contributed by atoms with Crippen LogP contribution in [0.5, 0.6) is 0 Å². The van der Waals surface area contributed by atoms with Gasteiger partial charge in [-0.2, -0.15) is 0 Å². The highest BCUT2D eigenvalue weighted by Crippen LogP contribution is 2.22. The molecular formula is C18H21N3O. The van der Waals surface area contributed by atoms with E-state index in [2.05, 4.69) is 15.3 Å². The summed E-state index contributed by atoms with van der Waals surface area (Å²) < 4.78 is 0. The summed E-state index contributed by atoms with van der Waals surface area (Å²) in [5.74, 6) is 0.608. The molecule has 0 aliphatic heterocycles. The number of aromatic nitrogens is 2. The van der Waals surface area contributed by atoms with E-state index in [0.29, 0.717) is 11.5 Å². The summed E-state index contributed by atoms with van der Waals surface area (Å²) in [5.41, 5.74) is 2.40. The second-order valence-electron chi connectivity index (χ2n) is 5.89. The van der Waals surface area contributed by atoms with Gasteiger partial charge in [-0.25, -0.2) is 0 Å². The Balaban J connectivity index is 1.59. The molecule has 3 rings (SSSR count). The lowest BCUT2D eigenvalue weighted by Crippen LogP contribution is -2.30. The molecule has 2 aromatic heterocycles. The van der Waals surface area contributed by atoms with Crippen LogP contribution in [-0.4, -0.2) is 22.4 Å². The molecule has 22 heavy (non-hydrogen) atoms. The SMILES string of the molecule is O=C(NCC1CCCCC1)c1ccc(-c2cccnc2)nc1. The summed E-state index contributed by atoms with van der Waals surface area (Å²) in [6.07, 6.45) is 11.5. The van der Waals surface area contributed by atoms with Crippen LogP contribution in [-0.2, 0) is 0 Å². The Hall–Kier alpha value is -2.23. The van der Waals surface area contributed by atoms with E-state index in [0.717, 1.165) is 17.8 Å². The second-order valence-corrected chi connectivity index (χ2v) is 5.89. The predicted molar refractivity (Wildman–Crippen MR) is 86.4 cm³/mol. The van der Waals surface area contributed by atoms with Crippen LogP contribution in [0.1, 0.15) is 42.5 Å². The molecule has 0 saturated heterocycles. The molecule has 1 saturated carbocycles. The summed E-state index contributed by atoms with van der Waals surface area (Å²) >= 11 is 0. The van der Waals surface area contributed by atoms with Gasteiger partial charge in [0.15, 0.2) is 0 Å². The first-order valence-corrected chi connectivity index (χ1v) is 7.97. The minimum Gasteiger partial charge on any atom is -0.352 e. The van der Waals surface area contributed by atoms with E-state index in [4.69, 9.17) is 0 Å². The first-order chi connectivity index (χ1) is 10.8. The third-order valence-corrected chi connectivity index (χ3v) is 4.26. The Bertz CT molecular complexity index is 604. The fourth-order valence-electron chi connectivity index (χ4n) is 2.94. The monoisotopic (exact) mass is 295 g/mol. The summed E-state index contributed by atoms with van der Waals surface area (Å²) in [7, 11) is 0. The van der Waals surface area contributed by atoms with Crippen molar-refractivity contribution in [2.45, 2.75) is 32.1 Å². The highest BCUT2D eigenvalue weighted by molar-refractivity contribution is 5.94. The molecule has 1 N–H and O–H groups in total. The third kappa shape index (κ3) is 3.70. The number of amides is 1. The van der Waals surface area contributed by atoms with Gasteiger partial charge in [-0.3, -0.25) is 14.8 Å². The molecule has 1 amide bonds. The fourth-order valence-corrected chi connectivity index (χ4v) is 2.94. The summed E-state index contributed by atoms with van der Waals surface area (Å²) in [5, 5.41) is 3.04. The Morgan fingerprint density at radius 1 is 1.14 bits per heavy atom. The van der Waals surface area contributed by atoms with Crippen molar-refractivity contribution in [1.82, 2.24) is 15.3 Å². The molecule has 0 spiro atoms. The molecule has 0 radical (unpaired) electrons. The van der Waals surface area contributed by atoms with Crippen molar-refractivity contribution >= 4 is 5.91 Å². The van der Waals surface area contributed by atoms with E-state index < -0.39 is 0 Å². The fraction of sp³-hybridized carbons (Fsp3) is 0.389. The maximum atomic E-state index is 12.2.